The van der Waals surface area contributed by atoms with Crippen molar-refractivity contribution in [3.8, 4) is 0 Å². The maximum atomic E-state index is 13.6. The summed E-state index contributed by atoms with van der Waals surface area (Å²) in [6, 6.07) is 8.24. The quantitative estimate of drug-likeness (QED) is 0.559. The van der Waals surface area contributed by atoms with E-state index in [-0.39, 0.29) is 5.82 Å². The van der Waals surface area contributed by atoms with E-state index in [0.717, 1.165) is 16.9 Å². The van der Waals surface area contributed by atoms with E-state index in [0.29, 0.717) is 5.92 Å². The average Bonchev–Trinajstić information content (AvgIpc) is 2.14. The summed E-state index contributed by atoms with van der Waals surface area (Å²) in [5, 5.41) is 0.845. The van der Waals surface area contributed by atoms with Crippen LogP contribution in [-0.2, 0) is 0 Å². The van der Waals surface area contributed by atoms with E-state index < -0.39 is 8.07 Å². The Bertz CT molecular complexity index is 320. The van der Waals surface area contributed by atoms with Gasteiger partial charge in [0, 0.05) is 13.4 Å². The molecule has 0 saturated carbocycles. The lowest BCUT2D eigenvalue weighted by Crippen LogP contribution is -2.24. The van der Waals surface area contributed by atoms with Crippen molar-refractivity contribution in [1.29, 1.82) is 0 Å². The van der Waals surface area contributed by atoms with Gasteiger partial charge in [-0.05, 0) is 23.6 Å². The van der Waals surface area contributed by atoms with Gasteiger partial charge < -0.3 is 0 Å². The van der Waals surface area contributed by atoms with E-state index >= 15 is 0 Å². The predicted molar refractivity (Wildman–Crippen MR) is 71.1 cm³/mol. The normalized spacial score (nSPS) is 13.9. The Kier molecular flexibility index (Phi) is 4.53. The van der Waals surface area contributed by atoms with Crippen LogP contribution in [0.3, 0.4) is 0 Å². The minimum atomic E-state index is -1.14. The number of rotatable bonds is 4. The topological polar surface area (TPSA) is 0 Å². The van der Waals surface area contributed by atoms with E-state index in [9.17, 15) is 4.39 Å². The number of hydrogen-bond acceptors (Lipinski definition) is 0. The Hall–Kier alpha value is -0.153. The highest BCUT2D eigenvalue weighted by atomic mass is 79.9. The molecule has 0 bridgehead atoms. The van der Waals surface area contributed by atoms with Crippen LogP contribution in [0.15, 0.2) is 24.3 Å². The van der Waals surface area contributed by atoms with E-state index in [1.54, 1.807) is 12.1 Å². The van der Waals surface area contributed by atoms with Crippen molar-refractivity contribution < 1.29 is 4.39 Å². The van der Waals surface area contributed by atoms with Crippen LogP contribution in [0, 0.1) is 5.82 Å². The van der Waals surface area contributed by atoms with Gasteiger partial charge >= 0.3 is 0 Å². The lowest BCUT2D eigenvalue weighted by molar-refractivity contribution is 0.599. The molecule has 1 rings (SSSR count). The Balaban J connectivity index is 2.88. The second-order valence-electron chi connectivity index (χ2n) is 5.14. The molecule has 0 aliphatic heterocycles. The molecule has 0 aliphatic rings. The van der Waals surface area contributed by atoms with Crippen LogP contribution in [0.1, 0.15) is 11.5 Å². The Morgan fingerprint density at radius 2 is 1.87 bits per heavy atom. The molecule has 0 saturated heterocycles. The van der Waals surface area contributed by atoms with E-state index in [4.69, 9.17) is 0 Å². The maximum Gasteiger partial charge on any atom is 0.126 e. The lowest BCUT2D eigenvalue weighted by Gasteiger charge is -2.23. The molecular weight excluding hydrogens is 271 g/mol. The first-order valence-electron chi connectivity index (χ1n) is 5.24. The number of benzene rings is 1. The van der Waals surface area contributed by atoms with Gasteiger partial charge in [0.25, 0.3) is 0 Å². The van der Waals surface area contributed by atoms with Gasteiger partial charge in [0.15, 0.2) is 0 Å². The summed E-state index contributed by atoms with van der Waals surface area (Å²) in [7, 11) is -1.14. The fraction of sp³-hybridized carbons (Fsp3) is 0.500. The van der Waals surface area contributed by atoms with Crippen molar-refractivity contribution >= 4 is 24.0 Å². The second-order valence-corrected chi connectivity index (χ2v) is 11.3. The molecule has 0 fully saturated rings. The summed E-state index contributed by atoms with van der Waals surface area (Å²) in [6.45, 7) is 6.97. The SMILES string of the molecule is C[Si](C)(C)CC(CBr)c1ccccc1F. The highest BCUT2D eigenvalue weighted by Crippen LogP contribution is 2.29. The van der Waals surface area contributed by atoms with Gasteiger partial charge in [-0.2, -0.15) is 0 Å². The monoisotopic (exact) mass is 288 g/mol. The summed E-state index contributed by atoms with van der Waals surface area (Å²) in [6.07, 6.45) is 0. The van der Waals surface area contributed by atoms with Crippen LogP contribution in [-0.4, -0.2) is 13.4 Å². The molecule has 0 spiro atoms. The zero-order valence-corrected chi connectivity index (χ0v) is 12.1. The molecular formula is C12H18BrFSi. The summed E-state index contributed by atoms with van der Waals surface area (Å²) < 4.78 is 13.6. The van der Waals surface area contributed by atoms with Crippen molar-refractivity contribution in [3.63, 3.8) is 0 Å². The fourth-order valence-corrected chi connectivity index (χ4v) is 4.64. The third-order valence-corrected chi connectivity index (χ3v) is 4.89. The highest BCUT2D eigenvalue weighted by molar-refractivity contribution is 9.09. The highest BCUT2D eigenvalue weighted by Gasteiger charge is 2.22. The van der Waals surface area contributed by atoms with Crippen LogP contribution in [0.5, 0.6) is 0 Å². The molecule has 0 radical (unpaired) electrons. The van der Waals surface area contributed by atoms with Gasteiger partial charge in [0.2, 0.25) is 0 Å². The molecule has 0 heterocycles. The van der Waals surface area contributed by atoms with Crippen molar-refractivity contribution in [3.05, 3.63) is 35.6 Å². The third-order valence-electron chi connectivity index (χ3n) is 2.39. The van der Waals surface area contributed by atoms with Crippen molar-refractivity contribution in [2.24, 2.45) is 0 Å². The van der Waals surface area contributed by atoms with Crippen LogP contribution in [0.25, 0.3) is 0 Å². The van der Waals surface area contributed by atoms with E-state index in [2.05, 4.69) is 35.6 Å². The molecule has 0 aliphatic carbocycles. The Morgan fingerprint density at radius 3 is 2.33 bits per heavy atom. The maximum absolute atomic E-state index is 13.6. The van der Waals surface area contributed by atoms with Crippen molar-refractivity contribution in [2.75, 3.05) is 5.33 Å². The molecule has 1 atom stereocenters. The van der Waals surface area contributed by atoms with Gasteiger partial charge in [-0.15, -0.1) is 0 Å². The van der Waals surface area contributed by atoms with Gasteiger partial charge in [-0.1, -0.05) is 53.8 Å². The fourth-order valence-electron chi connectivity index (χ4n) is 1.79. The predicted octanol–water partition coefficient (Wildman–Crippen LogP) is 4.64. The number of hydrogen-bond donors (Lipinski definition) is 0. The molecule has 0 aromatic heterocycles. The molecule has 15 heavy (non-hydrogen) atoms. The van der Waals surface area contributed by atoms with Crippen LogP contribution >= 0.6 is 15.9 Å². The summed E-state index contributed by atoms with van der Waals surface area (Å²) in [4.78, 5) is 0. The van der Waals surface area contributed by atoms with Crippen LogP contribution in [0.4, 0.5) is 4.39 Å². The molecule has 0 N–H and O–H groups in total. The molecule has 3 heteroatoms. The zero-order valence-electron chi connectivity index (χ0n) is 9.56. The van der Waals surface area contributed by atoms with Gasteiger partial charge in [-0.3, -0.25) is 0 Å². The minimum absolute atomic E-state index is 0.0693. The van der Waals surface area contributed by atoms with Gasteiger partial charge in [0.05, 0.1) is 0 Å². The zero-order chi connectivity index (χ0) is 11.5. The van der Waals surface area contributed by atoms with Crippen LogP contribution < -0.4 is 0 Å². The molecule has 84 valence electrons. The lowest BCUT2D eigenvalue weighted by atomic mass is 10.0. The first-order valence-corrected chi connectivity index (χ1v) is 10.1. The molecule has 1 aromatic rings. The smallest absolute Gasteiger partial charge is 0.126 e. The first-order chi connectivity index (χ1) is 6.94. The third kappa shape index (κ3) is 4.07. The molecule has 1 aromatic carbocycles. The van der Waals surface area contributed by atoms with Gasteiger partial charge in [0.1, 0.15) is 5.82 Å². The molecule has 0 amide bonds. The van der Waals surface area contributed by atoms with Crippen molar-refractivity contribution in [1.82, 2.24) is 0 Å². The summed E-state index contributed by atoms with van der Waals surface area (Å²) in [5.41, 5.74) is 0.858. The largest absolute Gasteiger partial charge is 0.207 e. The average molecular weight is 289 g/mol. The Labute approximate surface area is 101 Å². The molecule has 0 nitrogen and oxygen atoms in total. The van der Waals surface area contributed by atoms with Crippen molar-refractivity contribution in [2.45, 2.75) is 31.6 Å². The standard InChI is InChI=1S/C12H18BrFSi/c1-15(2,3)9-10(8-13)11-6-4-5-7-12(11)14/h4-7,10H,8-9H2,1-3H3. The Morgan fingerprint density at radius 1 is 1.27 bits per heavy atom. The first kappa shape index (κ1) is 12.9. The van der Waals surface area contributed by atoms with Gasteiger partial charge in [-0.25, -0.2) is 4.39 Å². The summed E-state index contributed by atoms with van der Waals surface area (Å²) in [5.74, 6) is 0.248. The summed E-state index contributed by atoms with van der Waals surface area (Å²) >= 11 is 3.49. The number of alkyl halides is 1. The van der Waals surface area contributed by atoms with E-state index in [1.807, 2.05) is 12.1 Å². The molecule has 1 unspecified atom stereocenters. The van der Waals surface area contributed by atoms with E-state index in [1.165, 1.54) is 0 Å². The minimum Gasteiger partial charge on any atom is -0.207 e. The van der Waals surface area contributed by atoms with Crippen LogP contribution in [0.2, 0.25) is 25.7 Å². The second kappa shape index (κ2) is 5.26. The number of halogens is 2.